The summed E-state index contributed by atoms with van der Waals surface area (Å²) in [4.78, 5) is 0. The molecule has 0 N–H and O–H groups in total. The summed E-state index contributed by atoms with van der Waals surface area (Å²) < 4.78 is 5.08. The molecule has 0 amide bonds. The van der Waals surface area contributed by atoms with E-state index in [1.807, 2.05) is 13.0 Å². The van der Waals surface area contributed by atoms with Crippen LogP contribution in [0.25, 0.3) is 0 Å². The Kier molecular flexibility index (Phi) is 2.21. The lowest BCUT2D eigenvalue weighted by Gasteiger charge is -2.14. The number of rotatable bonds is 1. The molecular weight excluding hydrogens is 136 g/mol. The van der Waals surface area contributed by atoms with Gasteiger partial charge in [0.15, 0.2) is 5.76 Å². The van der Waals surface area contributed by atoms with E-state index in [1.54, 1.807) is 7.11 Å². The van der Waals surface area contributed by atoms with Crippen molar-refractivity contribution < 1.29 is 4.74 Å². The zero-order chi connectivity index (χ0) is 8.43. The van der Waals surface area contributed by atoms with Gasteiger partial charge >= 0.3 is 0 Å². The molecule has 59 valence electrons. The van der Waals surface area contributed by atoms with Gasteiger partial charge in [0.05, 0.1) is 7.11 Å². The standard InChI is InChI=1S/C10H13O/c1-7-5-10(11-4)6-8(2)9(7)3/h5H,1-4H3. The van der Waals surface area contributed by atoms with E-state index in [0.717, 1.165) is 5.76 Å². The van der Waals surface area contributed by atoms with Gasteiger partial charge in [-0.15, -0.1) is 0 Å². The topological polar surface area (TPSA) is 9.23 Å². The average Bonchev–Trinajstić information content (AvgIpc) is 1.99. The Bertz CT molecular complexity index is 252. The Balaban J connectivity index is 3.06. The molecule has 0 aromatic carbocycles. The molecule has 1 heteroatoms. The first-order chi connectivity index (χ1) is 5.15. The van der Waals surface area contributed by atoms with Gasteiger partial charge in [-0.2, -0.15) is 0 Å². The minimum atomic E-state index is 0.825. The summed E-state index contributed by atoms with van der Waals surface area (Å²) in [6.45, 7) is 6.23. The van der Waals surface area contributed by atoms with Gasteiger partial charge < -0.3 is 4.74 Å². The molecule has 0 unspecified atom stereocenters. The normalized spacial score (nSPS) is 18.7. The van der Waals surface area contributed by atoms with Crippen LogP contribution in [0.4, 0.5) is 0 Å². The fourth-order valence-electron chi connectivity index (χ4n) is 1.03. The summed E-state index contributed by atoms with van der Waals surface area (Å²) in [5, 5.41) is 0. The highest BCUT2D eigenvalue weighted by Crippen LogP contribution is 2.25. The Morgan fingerprint density at radius 2 is 1.91 bits per heavy atom. The average molecular weight is 149 g/mol. The van der Waals surface area contributed by atoms with E-state index in [-0.39, 0.29) is 0 Å². The number of allylic oxidation sites excluding steroid dienone is 2. The van der Waals surface area contributed by atoms with Crippen LogP contribution in [0.3, 0.4) is 0 Å². The molecule has 0 saturated carbocycles. The second-order valence-corrected chi connectivity index (χ2v) is 2.77. The monoisotopic (exact) mass is 149 g/mol. The minimum Gasteiger partial charge on any atom is -0.489 e. The van der Waals surface area contributed by atoms with Crippen LogP contribution in [0.15, 0.2) is 28.7 Å². The zero-order valence-corrected chi connectivity index (χ0v) is 7.49. The van der Waals surface area contributed by atoms with Crippen molar-refractivity contribution in [1.29, 1.82) is 0 Å². The molecule has 1 aliphatic carbocycles. The maximum absolute atomic E-state index is 5.08. The van der Waals surface area contributed by atoms with E-state index in [9.17, 15) is 0 Å². The van der Waals surface area contributed by atoms with Crippen LogP contribution in [-0.4, -0.2) is 7.11 Å². The summed E-state index contributed by atoms with van der Waals surface area (Å²) in [5.74, 6) is 2.12. The van der Waals surface area contributed by atoms with Gasteiger partial charge in [0, 0.05) is 5.92 Å². The number of methoxy groups -OCH3 is 1. The number of hydrogen-bond donors (Lipinski definition) is 0. The first kappa shape index (κ1) is 8.16. The van der Waals surface area contributed by atoms with Gasteiger partial charge in [0.2, 0.25) is 0 Å². The van der Waals surface area contributed by atoms with Crippen LogP contribution < -0.4 is 0 Å². The van der Waals surface area contributed by atoms with Crippen LogP contribution in [0, 0.1) is 5.92 Å². The van der Waals surface area contributed by atoms with Crippen LogP contribution >= 0.6 is 0 Å². The van der Waals surface area contributed by atoms with Crippen molar-refractivity contribution >= 4 is 0 Å². The highest BCUT2D eigenvalue weighted by atomic mass is 16.5. The molecule has 0 atom stereocenters. The van der Waals surface area contributed by atoms with E-state index in [1.165, 1.54) is 17.1 Å². The molecule has 0 heterocycles. The molecule has 0 saturated heterocycles. The Morgan fingerprint density at radius 1 is 1.27 bits per heavy atom. The van der Waals surface area contributed by atoms with Gasteiger partial charge in [0.1, 0.15) is 0 Å². The predicted octanol–water partition coefficient (Wildman–Crippen LogP) is 2.62. The molecule has 0 aromatic rings. The molecule has 11 heavy (non-hydrogen) atoms. The molecule has 0 spiro atoms. The maximum Gasteiger partial charge on any atom is 0.161 e. The number of hydrogen-bond acceptors (Lipinski definition) is 1. The lowest BCUT2D eigenvalue weighted by molar-refractivity contribution is 0.306. The van der Waals surface area contributed by atoms with E-state index < -0.39 is 0 Å². The second kappa shape index (κ2) is 2.98. The third kappa shape index (κ3) is 1.55. The van der Waals surface area contributed by atoms with E-state index in [4.69, 9.17) is 4.74 Å². The van der Waals surface area contributed by atoms with Gasteiger partial charge in [-0.25, -0.2) is 0 Å². The Labute approximate surface area is 68.1 Å². The molecule has 1 nitrogen and oxygen atoms in total. The molecule has 0 bridgehead atoms. The van der Waals surface area contributed by atoms with Gasteiger partial charge in [-0.05, 0) is 25.5 Å². The van der Waals surface area contributed by atoms with Crippen molar-refractivity contribution in [3.05, 3.63) is 34.6 Å². The van der Waals surface area contributed by atoms with Crippen molar-refractivity contribution in [1.82, 2.24) is 0 Å². The summed E-state index contributed by atoms with van der Waals surface area (Å²) >= 11 is 0. The quantitative estimate of drug-likeness (QED) is 0.521. The highest BCUT2D eigenvalue weighted by molar-refractivity contribution is 5.43. The van der Waals surface area contributed by atoms with E-state index >= 15 is 0 Å². The first-order valence-corrected chi connectivity index (χ1v) is 3.69. The highest BCUT2D eigenvalue weighted by Gasteiger charge is 2.11. The summed E-state index contributed by atoms with van der Waals surface area (Å²) in [6.07, 6.45) is 2.00. The van der Waals surface area contributed by atoms with Crippen LogP contribution in [0.2, 0.25) is 0 Å². The minimum absolute atomic E-state index is 0.825. The molecular formula is C10H13O. The zero-order valence-electron chi connectivity index (χ0n) is 7.49. The van der Waals surface area contributed by atoms with Crippen molar-refractivity contribution in [2.75, 3.05) is 7.11 Å². The van der Waals surface area contributed by atoms with Crippen molar-refractivity contribution in [2.45, 2.75) is 20.8 Å². The maximum atomic E-state index is 5.08. The molecule has 1 rings (SSSR count). The fraction of sp³-hybridized carbons (Fsp3) is 0.400. The molecule has 0 aliphatic heterocycles. The van der Waals surface area contributed by atoms with E-state index in [0.29, 0.717) is 0 Å². The second-order valence-electron chi connectivity index (χ2n) is 2.77. The van der Waals surface area contributed by atoms with Crippen molar-refractivity contribution in [3.8, 4) is 0 Å². The van der Waals surface area contributed by atoms with Gasteiger partial charge in [-0.3, -0.25) is 0 Å². The Morgan fingerprint density at radius 3 is 2.36 bits per heavy atom. The lowest BCUT2D eigenvalue weighted by Crippen LogP contribution is -2.00. The SMILES string of the molecule is COC1=C=C(C)[C](C)C(C)=C1. The van der Waals surface area contributed by atoms with Crippen molar-refractivity contribution in [2.24, 2.45) is 0 Å². The summed E-state index contributed by atoms with van der Waals surface area (Å²) in [7, 11) is 1.67. The summed E-state index contributed by atoms with van der Waals surface area (Å²) in [6, 6.07) is 0. The molecule has 1 radical (unpaired) electrons. The summed E-state index contributed by atoms with van der Waals surface area (Å²) in [5.41, 5.74) is 5.57. The third-order valence-electron chi connectivity index (χ3n) is 2.03. The van der Waals surface area contributed by atoms with Crippen LogP contribution in [0.5, 0.6) is 0 Å². The first-order valence-electron chi connectivity index (χ1n) is 3.69. The smallest absolute Gasteiger partial charge is 0.161 e. The van der Waals surface area contributed by atoms with E-state index in [2.05, 4.69) is 19.6 Å². The predicted molar refractivity (Wildman–Crippen MR) is 45.9 cm³/mol. The van der Waals surface area contributed by atoms with Gasteiger partial charge in [-0.1, -0.05) is 18.2 Å². The number of ether oxygens (including phenoxy) is 1. The lowest BCUT2D eigenvalue weighted by atomic mass is 9.92. The molecule has 0 aromatic heterocycles. The molecule has 1 aliphatic rings. The fourth-order valence-corrected chi connectivity index (χ4v) is 1.03. The Hall–Kier alpha value is -0.940. The van der Waals surface area contributed by atoms with Gasteiger partial charge in [0.25, 0.3) is 0 Å². The molecule has 0 fully saturated rings. The van der Waals surface area contributed by atoms with Crippen LogP contribution in [0.1, 0.15) is 20.8 Å². The third-order valence-corrected chi connectivity index (χ3v) is 2.03. The van der Waals surface area contributed by atoms with Crippen molar-refractivity contribution in [3.63, 3.8) is 0 Å². The largest absolute Gasteiger partial charge is 0.489 e. The van der Waals surface area contributed by atoms with Crippen LogP contribution in [-0.2, 0) is 4.74 Å².